The van der Waals surface area contributed by atoms with Crippen LogP contribution in [0.3, 0.4) is 0 Å². The third-order valence-electron chi connectivity index (χ3n) is 3.75. The van der Waals surface area contributed by atoms with Gasteiger partial charge in [-0.2, -0.15) is 0 Å². The summed E-state index contributed by atoms with van der Waals surface area (Å²) in [6.07, 6.45) is 6.70. The maximum atomic E-state index is 9.43. The molecule has 0 saturated heterocycles. The summed E-state index contributed by atoms with van der Waals surface area (Å²) in [7, 11) is 0. The Morgan fingerprint density at radius 3 is 2.59 bits per heavy atom. The molecule has 0 bridgehead atoms. The highest BCUT2D eigenvalue weighted by Crippen LogP contribution is 2.39. The van der Waals surface area contributed by atoms with E-state index in [1.165, 1.54) is 18.4 Å². The van der Waals surface area contributed by atoms with Gasteiger partial charge in [-0.25, -0.2) is 0 Å². The van der Waals surface area contributed by atoms with Crippen molar-refractivity contribution in [3.63, 3.8) is 0 Å². The molecule has 0 fully saturated rings. The van der Waals surface area contributed by atoms with Gasteiger partial charge in [0.1, 0.15) is 0 Å². The highest BCUT2D eigenvalue weighted by molar-refractivity contribution is 5.29. The molecule has 0 heterocycles. The van der Waals surface area contributed by atoms with Gasteiger partial charge in [-0.3, -0.25) is 0 Å². The topological polar surface area (TPSA) is 20.2 Å². The fourth-order valence-electron chi connectivity index (χ4n) is 2.89. The van der Waals surface area contributed by atoms with E-state index in [0.29, 0.717) is 11.8 Å². The lowest BCUT2D eigenvalue weighted by Crippen LogP contribution is -2.06. The second kappa shape index (κ2) is 6.39. The van der Waals surface area contributed by atoms with E-state index in [1.807, 2.05) is 6.92 Å². The molecule has 1 heteroatoms. The number of rotatable bonds is 5. The van der Waals surface area contributed by atoms with Gasteiger partial charge >= 0.3 is 0 Å². The molecule has 98 valence electrons. The minimum Gasteiger partial charge on any atom is -0.393 e. The number of aliphatic hydroxyl groups is 1. The van der Waals surface area contributed by atoms with E-state index in [9.17, 15) is 5.11 Å². The van der Waals surface area contributed by atoms with E-state index >= 15 is 0 Å². The largest absolute Gasteiger partial charge is 0.393 e. The van der Waals surface area contributed by atoms with Crippen molar-refractivity contribution in [2.75, 3.05) is 0 Å². The van der Waals surface area contributed by atoms with Crippen LogP contribution in [0.25, 0.3) is 0 Å². The molecule has 2 atom stereocenters. The SMILES string of the molecule is CC1=C(CC[C@@H](C)O)[C@H](/C(C)=C/C(C)C)CC1. The molecule has 0 aromatic rings. The van der Waals surface area contributed by atoms with Crippen molar-refractivity contribution in [1.29, 1.82) is 0 Å². The average Bonchev–Trinajstić information content (AvgIpc) is 2.55. The van der Waals surface area contributed by atoms with Crippen molar-refractivity contribution in [2.24, 2.45) is 11.8 Å². The van der Waals surface area contributed by atoms with Crippen LogP contribution in [0, 0.1) is 11.8 Å². The van der Waals surface area contributed by atoms with Gasteiger partial charge in [0.05, 0.1) is 6.10 Å². The fourth-order valence-corrected chi connectivity index (χ4v) is 2.89. The van der Waals surface area contributed by atoms with Crippen molar-refractivity contribution >= 4 is 0 Å². The summed E-state index contributed by atoms with van der Waals surface area (Å²) in [5, 5.41) is 9.43. The Kier molecular flexibility index (Phi) is 5.45. The lowest BCUT2D eigenvalue weighted by Gasteiger charge is -2.18. The Labute approximate surface area is 107 Å². The van der Waals surface area contributed by atoms with E-state index in [0.717, 1.165) is 12.8 Å². The maximum Gasteiger partial charge on any atom is 0.0515 e. The van der Waals surface area contributed by atoms with E-state index in [-0.39, 0.29) is 6.10 Å². The third kappa shape index (κ3) is 4.31. The predicted molar refractivity (Wildman–Crippen MR) is 74.9 cm³/mol. The number of allylic oxidation sites excluding steroid dienone is 4. The zero-order valence-electron chi connectivity index (χ0n) is 12.1. The molecule has 0 saturated carbocycles. The van der Waals surface area contributed by atoms with Crippen molar-refractivity contribution < 1.29 is 5.11 Å². The van der Waals surface area contributed by atoms with Gasteiger partial charge in [0.25, 0.3) is 0 Å². The molecular weight excluding hydrogens is 208 g/mol. The Bertz CT molecular complexity index is 307. The molecule has 1 N–H and O–H groups in total. The van der Waals surface area contributed by atoms with Gasteiger partial charge in [-0.05, 0) is 52.4 Å². The molecule has 0 amide bonds. The second-order valence-corrected chi connectivity index (χ2v) is 5.94. The minimum absolute atomic E-state index is 0.175. The smallest absolute Gasteiger partial charge is 0.0515 e. The van der Waals surface area contributed by atoms with Crippen LogP contribution in [-0.4, -0.2) is 11.2 Å². The van der Waals surface area contributed by atoms with E-state index < -0.39 is 0 Å². The quantitative estimate of drug-likeness (QED) is 0.698. The summed E-state index contributed by atoms with van der Waals surface area (Å²) in [5.41, 5.74) is 4.69. The van der Waals surface area contributed by atoms with Crippen LogP contribution >= 0.6 is 0 Å². The molecule has 1 nitrogen and oxygen atoms in total. The second-order valence-electron chi connectivity index (χ2n) is 5.94. The molecule has 0 radical (unpaired) electrons. The lowest BCUT2D eigenvalue weighted by molar-refractivity contribution is 0.184. The van der Waals surface area contributed by atoms with Gasteiger partial charge in [-0.15, -0.1) is 0 Å². The summed E-state index contributed by atoms with van der Waals surface area (Å²) in [6, 6.07) is 0. The summed E-state index contributed by atoms with van der Waals surface area (Å²) < 4.78 is 0. The summed E-state index contributed by atoms with van der Waals surface area (Å²) in [5.74, 6) is 1.28. The molecule has 1 aliphatic rings. The molecule has 0 spiro atoms. The minimum atomic E-state index is -0.175. The molecule has 1 rings (SSSR count). The summed E-state index contributed by atoms with van der Waals surface area (Å²) in [4.78, 5) is 0. The highest BCUT2D eigenvalue weighted by Gasteiger charge is 2.24. The average molecular weight is 236 g/mol. The lowest BCUT2D eigenvalue weighted by atomic mass is 9.88. The maximum absolute atomic E-state index is 9.43. The summed E-state index contributed by atoms with van der Waals surface area (Å²) >= 11 is 0. The Balaban J connectivity index is 2.73. The first-order chi connectivity index (χ1) is 7.91. The van der Waals surface area contributed by atoms with E-state index in [1.54, 1.807) is 11.1 Å². The number of aliphatic hydroxyl groups excluding tert-OH is 1. The Hall–Kier alpha value is -0.560. The molecule has 0 aliphatic heterocycles. The van der Waals surface area contributed by atoms with E-state index in [2.05, 4.69) is 33.8 Å². The highest BCUT2D eigenvalue weighted by atomic mass is 16.3. The number of hydrogen-bond acceptors (Lipinski definition) is 1. The van der Waals surface area contributed by atoms with Gasteiger partial charge < -0.3 is 5.11 Å². The van der Waals surface area contributed by atoms with Gasteiger partial charge in [0, 0.05) is 5.92 Å². The van der Waals surface area contributed by atoms with Crippen LogP contribution in [0.4, 0.5) is 0 Å². The summed E-state index contributed by atoms with van der Waals surface area (Å²) in [6.45, 7) is 10.9. The van der Waals surface area contributed by atoms with Gasteiger partial charge in [0.2, 0.25) is 0 Å². The molecule has 1 aliphatic carbocycles. The molecule has 0 unspecified atom stereocenters. The van der Waals surface area contributed by atoms with Crippen molar-refractivity contribution in [2.45, 2.75) is 66.4 Å². The monoisotopic (exact) mass is 236 g/mol. The number of hydrogen-bond donors (Lipinski definition) is 1. The van der Waals surface area contributed by atoms with Crippen LogP contribution in [0.2, 0.25) is 0 Å². The first-order valence-electron chi connectivity index (χ1n) is 6.96. The molecule has 0 aromatic carbocycles. The first kappa shape index (κ1) is 14.5. The van der Waals surface area contributed by atoms with Crippen molar-refractivity contribution in [3.8, 4) is 0 Å². The Morgan fingerprint density at radius 2 is 2.06 bits per heavy atom. The van der Waals surface area contributed by atoms with Crippen LogP contribution < -0.4 is 0 Å². The molecular formula is C16H28O. The van der Waals surface area contributed by atoms with Crippen LogP contribution in [0.1, 0.15) is 60.3 Å². The fraction of sp³-hybridized carbons (Fsp3) is 0.750. The van der Waals surface area contributed by atoms with Crippen LogP contribution in [-0.2, 0) is 0 Å². The van der Waals surface area contributed by atoms with Crippen LogP contribution in [0.15, 0.2) is 22.8 Å². The van der Waals surface area contributed by atoms with E-state index in [4.69, 9.17) is 0 Å². The standard InChI is InChI=1S/C16H28O/c1-11(2)10-13(4)16-8-6-12(3)15(16)9-7-14(5)17/h10-11,14,16-17H,6-9H2,1-5H3/b13-10+/t14-,16+/m1/s1. The first-order valence-corrected chi connectivity index (χ1v) is 6.96. The van der Waals surface area contributed by atoms with Crippen molar-refractivity contribution in [1.82, 2.24) is 0 Å². The molecule has 0 aromatic heterocycles. The Morgan fingerprint density at radius 1 is 1.41 bits per heavy atom. The van der Waals surface area contributed by atoms with Crippen molar-refractivity contribution in [3.05, 3.63) is 22.8 Å². The predicted octanol–water partition coefficient (Wildman–Crippen LogP) is 4.48. The normalized spacial score (nSPS) is 23.7. The van der Waals surface area contributed by atoms with Gasteiger partial charge in [0.15, 0.2) is 0 Å². The third-order valence-corrected chi connectivity index (χ3v) is 3.75. The molecule has 17 heavy (non-hydrogen) atoms. The van der Waals surface area contributed by atoms with Crippen LogP contribution in [0.5, 0.6) is 0 Å². The zero-order chi connectivity index (χ0) is 13.0. The zero-order valence-corrected chi connectivity index (χ0v) is 12.1. The van der Waals surface area contributed by atoms with Gasteiger partial charge in [-0.1, -0.05) is 36.6 Å².